The van der Waals surface area contributed by atoms with E-state index in [0.29, 0.717) is 16.6 Å². The predicted molar refractivity (Wildman–Crippen MR) is 109 cm³/mol. The van der Waals surface area contributed by atoms with Crippen LogP contribution in [-0.2, 0) is 4.79 Å². The molecular weight excluding hydrogens is 374 g/mol. The van der Waals surface area contributed by atoms with Crippen LogP contribution in [0.1, 0.15) is 52.8 Å². The topological polar surface area (TPSA) is 88.9 Å². The van der Waals surface area contributed by atoms with E-state index in [1.807, 2.05) is 25.5 Å². The minimum absolute atomic E-state index is 0.0217. The molecule has 3 aromatic rings. The van der Waals surface area contributed by atoms with Gasteiger partial charge in [0.25, 0.3) is 5.91 Å². The molecule has 2 N–H and O–H groups in total. The van der Waals surface area contributed by atoms with Crippen molar-refractivity contribution in [1.82, 2.24) is 25.6 Å². The SMILES string of the molecule is Cc1cc(-c2cc(C(=O)NNC(=O)C3CC3)c3cnn(C(C)C)c3n2)c(C)s1. The van der Waals surface area contributed by atoms with Gasteiger partial charge in [0.15, 0.2) is 5.65 Å². The lowest BCUT2D eigenvalue weighted by Gasteiger charge is -2.11. The van der Waals surface area contributed by atoms with E-state index in [-0.39, 0.29) is 23.8 Å². The van der Waals surface area contributed by atoms with Gasteiger partial charge < -0.3 is 0 Å². The Kier molecular flexibility index (Phi) is 4.66. The number of fused-ring (bicyclic) bond motifs is 1. The number of aryl methyl sites for hydroxylation is 2. The molecule has 4 rings (SSSR count). The molecule has 2 amide bonds. The number of rotatable bonds is 4. The normalized spacial score (nSPS) is 13.9. The van der Waals surface area contributed by atoms with Gasteiger partial charge in [-0.05, 0) is 52.7 Å². The Morgan fingerprint density at radius 3 is 2.57 bits per heavy atom. The Morgan fingerprint density at radius 2 is 1.96 bits per heavy atom. The quantitative estimate of drug-likeness (QED) is 0.659. The second-order valence-electron chi connectivity index (χ2n) is 7.52. The molecule has 0 atom stereocenters. The summed E-state index contributed by atoms with van der Waals surface area (Å²) < 4.78 is 1.81. The van der Waals surface area contributed by atoms with Crippen LogP contribution in [0.2, 0.25) is 0 Å². The Labute approximate surface area is 167 Å². The number of thiophene rings is 1. The highest BCUT2D eigenvalue weighted by molar-refractivity contribution is 7.12. The summed E-state index contributed by atoms with van der Waals surface area (Å²) in [4.78, 5) is 31.9. The molecule has 3 aromatic heterocycles. The van der Waals surface area contributed by atoms with Crippen LogP contribution in [-0.4, -0.2) is 26.6 Å². The van der Waals surface area contributed by atoms with Crippen molar-refractivity contribution >= 4 is 34.2 Å². The third-order valence-electron chi connectivity index (χ3n) is 4.86. The molecule has 1 saturated carbocycles. The monoisotopic (exact) mass is 397 g/mol. The van der Waals surface area contributed by atoms with Crippen LogP contribution in [0.25, 0.3) is 22.3 Å². The van der Waals surface area contributed by atoms with Crippen LogP contribution in [0.3, 0.4) is 0 Å². The molecule has 0 bridgehead atoms. The van der Waals surface area contributed by atoms with Crippen molar-refractivity contribution in [2.45, 2.75) is 46.6 Å². The first-order chi connectivity index (χ1) is 13.3. The van der Waals surface area contributed by atoms with Gasteiger partial charge in [0, 0.05) is 27.3 Å². The Hall–Kier alpha value is -2.74. The maximum Gasteiger partial charge on any atom is 0.270 e. The van der Waals surface area contributed by atoms with E-state index in [1.165, 1.54) is 4.88 Å². The Morgan fingerprint density at radius 1 is 1.21 bits per heavy atom. The maximum absolute atomic E-state index is 12.9. The molecule has 146 valence electrons. The average Bonchev–Trinajstić information content (AvgIpc) is 3.32. The number of nitrogens with one attached hydrogen (secondary N) is 2. The number of amides is 2. The largest absolute Gasteiger partial charge is 0.273 e. The number of carbonyl (C=O) groups excluding carboxylic acids is 2. The summed E-state index contributed by atoms with van der Waals surface area (Å²) >= 11 is 1.70. The van der Waals surface area contributed by atoms with E-state index < -0.39 is 0 Å². The van der Waals surface area contributed by atoms with Crippen LogP contribution in [0.15, 0.2) is 18.3 Å². The molecule has 0 spiro atoms. The lowest BCUT2D eigenvalue weighted by atomic mass is 10.1. The smallest absolute Gasteiger partial charge is 0.270 e. The van der Waals surface area contributed by atoms with Crippen LogP contribution < -0.4 is 10.9 Å². The molecule has 0 aliphatic heterocycles. The number of hydrazine groups is 1. The summed E-state index contributed by atoms with van der Waals surface area (Å²) in [5, 5.41) is 5.09. The van der Waals surface area contributed by atoms with Gasteiger partial charge >= 0.3 is 0 Å². The van der Waals surface area contributed by atoms with Crippen molar-refractivity contribution in [2.75, 3.05) is 0 Å². The zero-order valence-corrected chi connectivity index (χ0v) is 17.2. The molecule has 0 aromatic carbocycles. The van der Waals surface area contributed by atoms with Crippen molar-refractivity contribution in [3.63, 3.8) is 0 Å². The van der Waals surface area contributed by atoms with Gasteiger partial charge in [-0.25, -0.2) is 9.67 Å². The van der Waals surface area contributed by atoms with Crippen molar-refractivity contribution in [1.29, 1.82) is 0 Å². The highest BCUT2D eigenvalue weighted by Gasteiger charge is 2.30. The zero-order valence-electron chi connectivity index (χ0n) is 16.4. The van der Waals surface area contributed by atoms with E-state index in [9.17, 15) is 9.59 Å². The molecule has 8 heteroatoms. The van der Waals surface area contributed by atoms with Gasteiger partial charge in [0.05, 0.1) is 22.8 Å². The van der Waals surface area contributed by atoms with Gasteiger partial charge in [-0.15, -0.1) is 11.3 Å². The first-order valence-corrected chi connectivity index (χ1v) is 10.2. The van der Waals surface area contributed by atoms with Gasteiger partial charge in [0.1, 0.15) is 0 Å². The Balaban J connectivity index is 1.78. The number of aromatic nitrogens is 3. The second kappa shape index (κ2) is 7.01. The van der Waals surface area contributed by atoms with Crippen molar-refractivity contribution in [3.8, 4) is 11.3 Å². The predicted octanol–water partition coefficient (Wildman–Crippen LogP) is 3.53. The second-order valence-corrected chi connectivity index (χ2v) is 8.98. The molecule has 1 aliphatic rings. The number of carbonyl (C=O) groups is 2. The number of pyridine rings is 1. The third-order valence-corrected chi connectivity index (χ3v) is 5.83. The first-order valence-electron chi connectivity index (χ1n) is 9.41. The summed E-state index contributed by atoms with van der Waals surface area (Å²) in [7, 11) is 0. The lowest BCUT2D eigenvalue weighted by Crippen LogP contribution is -2.42. The number of nitrogens with zero attached hydrogens (tertiary/aromatic N) is 3. The third kappa shape index (κ3) is 3.40. The number of hydrogen-bond donors (Lipinski definition) is 2. The number of hydrogen-bond acceptors (Lipinski definition) is 5. The van der Waals surface area contributed by atoms with Crippen LogP contribution in [0.5, 0.6) is 0 Å². The highest BCUT2D eigenvalue weighted by Crippen LogP contribution is 2.32. The molecule has 0 saturated heterocycles. The summed E-state index contributed by atoms with van der Waals surface area (Å²) in [6.45, 7) is 8.15. The molecule has 0 unspecified atom stereocenters. The van der Waals surface area contributed by atoms with Gasteiger partial charge in [0.2, 0.25) is 5.91 Å². The molecule has 3 heterocycles. The van der Waals surface area contributed by atoms with Gasteiger partial charge in [-0.3, -0.25) is 20.4 Å². The molecule has 28 heavy (non-hydrogen) atoms. The fourth-order valence-electron chi connectivity index (χ4n) is 3.24. The van der Waals surface area contributed by atoms with Crippen molar-refractivity contribution in [3.05, 3.63) is 33.6 Å². The van der Waals surface area contributed by atoms with E-state index >= 15 is 0 Å². The summed E-state index contributed by atoms with van der Waals surface area (Å²) in [6.07, 6.45) is 3.42. The molecule has 0 radical (unpaired) electrons. The zero-order chi connectivity index (χ0) is 20.0. The molecular formula is C20H23N5O2S. The van der Waals surface area contributed by atoms with E-state index in [2.05, 4.69) is 28.9 Å². The Bertz CT molecular complexity index is 1080. The lowest BCUT2D eigenvalue weighted by molar-refractivity contribution is -0.123. The average molecular weight is 398 g/mol. The van der Waals surface area contributed by atoms with E-state index in [0.717, 1.165) is 29.0 Å². The maximum atomic E-state index is 12.9. The van der Waals surface area contributed by atoms with Gasteiger partial charge in [-0.2, -0.15) is 5.10 Å². The minimum Gasteiger partial charge on any atom is -0.273 e. The van der Waals surface area contributed by atoms with E-state index in [4.69, 9.17) is 4.98 Å². The van der Waals surface area contributed by atoms with Crippen molar-refractivity contribution < 1.29 is 9.59 Å². The van der Waals surface area contributed by atoms with Crippen LogP contribution in [0.4, 0.5) is 0 Å². The fraction of sp³-hybridized carbons (Fsp3) is 0.400. The van der Waals surface area contributed by atoms with E-state index in [1.54, 1.807) is 23.6 Å². The molecule has 1 fully saturated rings. The molecule has 1 aliphatic carbocycles. The highest BCUT2D eigenvalue weighted by atomic mass is 32.1. The van der Waals surface area contributed by atoms with Gasteiger partial charge in [-0.1, -0.05) is 0 Å². The standard InChI is InChI=1S/C20H23N5O2S/c1-10(2)25-18-16(9-21-25)15(20(27)24-23-19(26)13-5-6-13)8-17(22-18)14-7-11(3)28-12(14)4/h7-10,13H,5-6H2,1-4H3,(H,23,26)(H,24,27). The summed E-state index contributed by atoms with van der Waals surface area (Å²) in [6, 6.07) is 3.97. The summed E-state index contributed by atoms with van der Waals surface area (Å²) in [5.74, 6) is -0.481. The van der Waals surface area contributed by atoms with Crippen molar-refractivity contribution in [2.24, 2.45) is 5.92 Å². The first kappa shape index (κ1) is 18.6. The van der Waals surface area contributed by atoms with Crippen LogP contribution >= 0.6 is 11.3 Å². The fourth-order valence-corrected chi connectivity index (χ4v) is 4.17. The molecule has 7 nitrogen and oxygen atoms in total. The van der Waals surface area contributed by atoms with Crippen LogP contribution in [0, 0.1) is 19.8 Å². The summed E-state index contributed by atoms with van der Waals surface area (Å²) in [5.41, 5.74) is 7.93. The minimum atomic E-state index is -0.365.